The van der Waals surface area contributed by atoms with Crippen molar-refractivity contribution >= 4 is 9.84 Å². The van der Waals surface area contributed by atoms with E-state index in [9.17, 15) is 8.42 Å². The molecule has 0 aromatic heterocycles. The van der Waals surface area contributed by atoms with Gasteiger partial charge < -0.3 is 10.6 Å². The van der Waals surface area contributed by atoms with Crippen molar-refractivity contribution in [3.05, 3.63) is 0 Å². The van der Waals surface area contributed by atoms with Crippen molar-refractivity contribution in [2.45, 2.75) is 39.0 Å². The topological polar surface area (TPSA) is 63.4 Å². The Morgan fingerprint density at radius 2 is 1.89 bits per heavy atom. The van der Waals surface area contributed by atoms with E-state index in [4.69, 9.17) is 5.73 Å². The first-order valence-electron chi connectivity index (χ1n) is 7.58. The van der Waals surface area contributed by atoms with E-state index in [-0.39, 0.29) is 5.41 Å². The molecule has 19 heavy (non-hydrogen) atoms. The van der Waals surface area contributed by atoms with Gasteiger partial charge in [-0.25, -0.2) is 8.42 Å². The van der Waals surface area contributed by atoms with Gasteiger partial charge in [-0.15, -0.1) is 0 Å². The SMILES string of the molecule is CC1CCC(CN)(CN2CCCS(=O)(=O)CC2)CC1. The van der Waals surface area contributed by atoms with Crippen LogP contribution in [0.25, 0.3) is 0 Å². The lowest BCUT2D eigenvalue weighted by atomic mass is 9.70. The summed E-state index contributed by atoms with van der Waals surface area (Å²) < 4.78 is 23.3. The molecule has 2 aliphatic rings. The molecule has 0 spiro atoms. The van der Waals surface area contributed by atoms with Gasteiger partial charge in [0.25, 0.3) is 0 Å². The third-order valence-corrected chi connectivity index (χ3v) is 6.69. The zero-order chi connectivity index (χ0) is 13.9. The van der Waals surface area contributed by atoms with Crippen molar-refractivity contribution in [2.24, 2.45) is 17.1 Å². The van der Waals surface area contributed by atoms with E-state index < -0.39 is 9.84 Å². The van der Waals surface area contributed by atoms with Crippen LogP contribution in [0.5, 0.6) is 0 Å². The summed E-state index contributed by atoms with van der Waals surface area (Å²) in [5.41, 5.74) is 6.29. The minimum Gasteiger partial charge on any atom is -0.330 e. The Balaban J connectivity index is 1.95. The van der Waals surface area contributed by atoms with Crippen LogP contribution in [0.4, 0.5) is 0 Å². The molecule has 1 heterocycles. The Kier molecular flexibility index (Phi) is 4.90. The lowest BCUT2D eigenvalue weighted by Gasteiger charge is -2.42. The fourth-order valence-corrected chi connectivity index (χ4v) is 4.73. The summed E-state index contributed by atoms with van der Waals surface area (Å²) in [7, 11) is -2.80. The van der Waals surface area contributed by atoms with E-state index in [1.54, 1.807) is 0 Å². The van der Waals surface area contributed by atoms with Crippen molar-refractivity contribution in [3.63, 3.8) is 0 Å². The van der Waals surface area contributed by atoms with Crippen molar-refractivity contribution in [2.75, 3.05) is 37.7 Å². The normalized spacial score (nSPS) is 36.8. The van der Waals surface area contributed by atoms with Gasteiger partial charge in [-0.1, -0.05) is 19.8 Å². The first-order chi connectivity index (χ1) is 8.95. The Hall–Kier alpha value is -0.130. The predicted octanol–water partition coefficient (Wildman–Crippen LogP) is 1.26. The molecule has 1 saturated heterocycles. The number of rotatable bonds is 3. The summed E-state index contributed by atoms with van der Waals surface area (Å²) in [6.45, 7) is 5.66. The number of nitrogens with zero attached hydrogens (tertiary/aromatic N) is 1. The van der Waals surface area contributed by atoms with Crippen LogP contribution in [0.2, 0.25) is 0 Å². The van der Waals surface area contributed by atoms with Crippen molar-refractivity contribution in [1.29, 1.82) is 0 Å². The third kappa shape index (κ3) is 4.17. The molecular weight excluding hydrogens is 260 g/mol. The minimum absolute atomic E-state index is 0.237. The average Bonchev–Trinajstić information content (AvgIpc) is 2.54. The van der Waals surface area contributed by atoms with Gasteiger partial charge in [0.15, 0.2) is 9.84 Å². The van der Waals surface area contributed by atoms with E-state index >= 15 is 0 Å². The zero-order valence-electron chi connectivity index (χ0n) is 12.1. The number of hydrogen-bond donors (Lipinski definition) is 1. The van der Waals surface area contributed by atoms with Crippen LogP contribution in [0, 0.1) is 11.3 Å². The summed E-state index contributed by atoms with van der Waals surface area (Å²) in [6, 6.07) is 0. The molecule has 2 fully saturated rings. The highest BCUT2D eigenvalue weighted by atomic mass is 32.2. The van der Waals surface area contributed by atoms with E-state index in [0.29, 0.717) is 18.1 Å². The molecule has 1 aliphatic heterocycles. The van der Waals surface area contributed by atoms with Crippen molar-refractivity contribution in [3.8, 4) is 0 Å². The first kappa shape index (κ1) is 15.3. The highest BCUT2D eigenvalue weighted by Crippen LogP contribution is 2.38. The van der Waals surface area contributed by atoms with Crippen LogP contribution in [-0.2, 0) is 9.84 Å². The Labute approximate surface area is 117 Å². The van der Waals surface area contributed by atoms with Gasteiger partial charge in [-0.2, -0.15) is 0 Å². The zero-order valence-corrected chi connectivity index (χ0v) is 12.9. The quantitative estimate of drug-likeness (QED) is 0.849. The second-order valence-electron chi connectivity index (χ2n) is 6.67. The summed E-state index contributed by atoms with van der Waals surface area (Å²) >= 11 is 0. The van der Waals surface area contributed by atoms with Gasteiger partial charge in [-0.3, -0.25) is 0 Å². The number of hydrogen-bond acceptors (Lipinski definition) is 4. The molecule has 5 heteroatoms. The van der Waals surface area contributed by atoms with Crippen LogP contribution in [-0.4, -0.2) is 51.0 Å². The first-order valence-corrected chi connectivity index (χ1v) is 9.40. The second-order valence-corrected chi connectivity index (χ2v) is 8.97. The maximum atomic E-state index is 11.6. The van der Waals surface area contributed by atoms with Crippen LogP contribution in [0.1, 0.15) is 39.0 Å². The molecule has 0 bridgehead atoms. The van der Waals surface area contributed by atoms with Gasteiger partial charge in [-0.05, 0) is 43.7 Å². The Bertz CT molecular complexity index is 386. The third-order valence-electron chi connectivity index (χ3n) is 4.98. The van der Waals surface area contributed by atoms with Crippen molar-refractivity contribution in [1.82, 2.24) is 4.90 Å². The molecule has 0 unspecified atom stereocenters. The van der Waals surface area contributed by atoms with Gasteiger partial charge in [0, 0.05) is 13.1 Å². The monoisotopic (exact) mass is 288 g/mol. The molecule has 112 valence electrons. The molecule has 0 atom stereocenters. The van der Waals surface area contributed by atoms with Gasteiger partial charge >= 0.3 is 0 Å². The highest BCUT2D eigenvalue weighted by molar-refractivity contribution is 7.91. The smallest absolute Gasteiger partial charge is 0.151 e. The largest absolute Gasteiger partial charge is 0.330 e. The van der Waals surface area contributed by atoms with Crippen LogP contribution >= 0.6 is 0 Å². The fourth-order valence-electron chi connectivity index (χ4n) is 3.42. The summed E-state index contributed by atoms with van der Waals surface area (Å²) in [5, 5.41) is 0. The molecule has 0 amide bonds. The predicted molar refractivity (Wildman–Crippen MR) is 78.8 cm³/mol. The van der Waals surface area contributed by atoms with Crippen LogP contribution in [0.15, 0.2) is 0 Å². The van der Waals surface area contributed by atoms with Gasteiger partial charge in [0.2, 0.25) is 0 Å². The van der Waals surface area contributed by atoms with Crippen LogP contribution < -0.4 is 5.73 Å². The van der Waals surface area contributed by atoms with E-state index in [0.717, 1.165) is 32.0 Å². The molecule has 2 rings (SSSR count). The van der Waals surface area contributed by atoms with Crippen molar-refractivity contribution < 1.29 is 8.42 Å². The lowest BCUT2D eigenvalue weighted by molar-refractivity contribution is 0.0989. The average molecular weight is 288 g/mol. The minimum atomic E-state index is -2.80. The molecule has 0 aromatic carbocycles. The highest BCUT2D eigenvalue weighted by Gasteiger charge is 2.35. The van der Waals surface area contributed by atoms with Crippen LogP contribution in [0.3, 0.4) is 0 Å². The van der Waals surface area contributed by atoms with Gasteiger partial charge in [0.05, 0.1) is 11.5 Å². The second kappa shape index (κ2) is 6.10. The molecule has 1 aliphatic carbocycles. The maximum absolute atomic E-state index is 11.6. The van der Waals surface area contributed by atoms with E-state index in [1.807, 2.05) is 0 Å². The summed E-state index contributed by atoms with van der Waals surface area (Å²) in [5.74, 6) is 1.50. The Morgan fingerprint density at radius 3 is 2.53 bits per heavy atom. The molecular formula is C14H28N2O2S. The number of nitrogens with two attached hydrogens (primary N) is 1. The molecule has 0 aromatic rings. The Morgan fingerprint density at radius 1 is 1.21 bits per heavy atom. The standard InChI is InChI=1S/C14H28N2O2S/c1-13-3-5-14(11-15,6-4-13)12-16-7-2-9-19(17,18)10-8-16/h13H,2-12,15H2,1H3. The van der Waals surface area contributed by atoms with E-state index in [2.05, 4.69) is 11.8 Å². The number of sulfone groups is 1. The lowest BCUT2D eigenvalue weighted by Crippen LogP contribution is -2.45. The summed E-state index contributed by atoms with van der Waals surface area (Å²) in [4.78, 5) is 2.34. The fraction of sp³-hybridized carbons (Fsp3) is 1.00. The molecule has 2 N–H and O–H groups in total. The molecule has 1 saturated carbocycles. The molecule has 4 nitrogen and oxygen atoms in total. The summed E-state index contributed by atoms with van der Waals surface area (Å²) in [6.07, 6.45) is 5.72. The van der Waals surface area contributed by atoms with E-state index in [1.165, 1.54) is 25.7 Å². The molecule has 0 radical (unpaired) electrons. The van der Waals surface area contributed by atoms with Gasteiger partial charge in [0.1, 0.15) is 0 Å². The maximum Gasteiger partial charge on any atom is 0.151 e.